The molecule has 0 saturated carbocycles. The fraction of sp³-hybridized carbons (Fsp3) is 0. The van der Waals surface area contributed by atoms with E-state index >= 15 is 0 Å². The molecule has 0 aliphatic carbocycles. The number of nitrogens with zero attached hydrogens (tertiary/aromatic N) is 3. The number of benzene rings is 2. The van der Waals surface area contributed by atoms with E-state index in [-0.39, 0.29) is 11.3 Å². The quantitative estimate of drug-likeness (QED) is 0.348. The number of carbonyl (C=O) groups excluding carboxylic acids is 1. The number of aromatic amines is 1. The van der Waals surface area contributed by atoms with Crippen LogP contribution in [0.4, 0.5) is 14.5 Å². The molecule has 0 radical (unpaired) electrons. The molecule has 0 aliphatic rings. The van der Waals surface area contributed by atoms with Gasteiger partial charge in [-0.1, -0.05) is 12.1 Å². The Morgan fingerprint density at radius 3 is 2.73 bits per heavy atom. The Hall–Kier alpha value is -4.20. The number of fused-ring (bicyclic) bond motifs is 2. The summed E-state index contributed by atoms with van der Waals surface area (Å²) in [5.74, 6) is -2.86. The van der Waals surface area contributed by atoms with Gasteiger partial charge in [0.25, 0.3) is 0 Å². The summed E-state index contributed by atoms with van der Waals surface area (Å²) in [5, 5.41) is 1.34. The number of H-pyrrole nitrogens is 1. The maximum absolute atomic E-state index is 14.4. The molecule has 30 heavy (non-hydrogen) atoms. The molecule has 6 nitrogen and oxygen atoms in total. The van der Waals surface area contributed by atoms with E-state index in [2.05, 4.69) is 19.9 Å². The Bertz CT molecular complexity index is 1460. The molecule has 0 bridgehead atoms. The van der Waals surface area contributed by atoms with Gasteiger partial charge in [-0.15, -0.1) is 0 Å². The molecule has 5 rings (SSSR count). The Morgan fingerprint density at radius 2 is 1.87 bits per heavy atom. The number of hydrogen-bond acceptors (Lipinski definition) is 5. The molecule has 0 amide bonds. The summed E-state index contributed by atoms with van der Waals surface area (Å²) >= 11 is 0. The lowest BCUT2D eigenvalue weighted by Crippen LogP contribution is -2.09. The molecule has 0 spiro atoms. The normalized spacial score (nSPS) is 11.3. The van der Waals surface area contributed by atoms with Gasteiger partial charge in [-0.2, -0.15) is 0 Å². The first-order valence-electron chi connectivity index (χ1n) is 8.98. The second kappa shape index (κ2) is 6.70. The molecule has 3 heterocycles. The van der Waals surface area contributed by atoms with Gasteiger partial charge in [0.1, 0.15) is 17.8 Å². The van der Waals surface area contributed by atoms with Gasteiger partial charge in [0.15, 0.2) is 5.82 Å². The van der Waals surface area contributed by atoms with Crippen molar-refractivity contribution in [3.8, 4) is 11.1 Å². The Kier molecular flexibility index (Phi) is 3.99. The molecular formula is C22H13F2N5O. The van der Waals surface area contributed by atoms with Crippen molar-refractivity contribution in [3.63, 3.8) is 0 Å². The summed E-state index contributed by atoms with van der Waals surface area (Å²) in [6.07, 6.45) is 6.22. The number of hydrogen-bond donors (Lipinski definition) is 2. The second-order valence-corrected chi connectivity index (χ2v) is 6.77. The van der Waals surface area contributed by atoms with Crippen molar-refractivity contribution in [1.82, 2.24) is 19.9 Å². The van der Waals surface area contributed by atoms with Crippen LogP contribution >= 0.6 is 0 Å². The summed E-state index contributed by atoms with van der Waals surface area (Å²) in [6.45, 7) is 0. The highest BCUT2D eigenvalue weighted by Crippen LogP contribution is 2.29. The molecule has 2 aromatic carbocycles. The number of nitrogens with two attached hydrogens (primary N) is 1. The van der Waals surface area contributed by atoms with E-state index in [1.54, 1.807) is 18.5 Å². The van der Waals surface area contributed by atoms with E-state index in [4.69, 9.17) is 5.73 Å². The van der Waals surface area contributed by atoms with Crippen molar-refractivity contribution in [3.05, 3.63) is 84.1 Å². The molecule has 146 valence electrons. The van der Waals surface area contributed by atoms with Gasteiger partial charge in [0.2, 0.25) is 5.78 Å². The molecule has 0 unspecified atom stereocenters. The zero-order valence-electron chi connectivity index (χ0n) is 15.4. The van der Waals surface area contributed by atoms with Crippen LogP contribution in [0, 0.1) is 11.6 Å². The van der Waals surface area contributed by atoms with Crippen LogP contribution in [-0.2, 0) is 0 Å². The minimum absolute atomic E-state index is 0.103. The van der Waals surface area contributed by atoms with E-state index < -0.39 is 23.0 Å². The third-order valence-electron chi connectivity index (χ3n) is 4.96. The van der Waals surface area contributed by atoms with Gasteiger partial charge in [-0.05, 0) is 29.8 Å². The average Bonchev–Trinajstić information content (AvgIpc) is 3.19. The Balaban J connectivity index is 1.65. The number of halogens is 2. The molecule has 3 N–H and O–H groups in total. The fourth-order valence-electron chi connectivity index (χ4n) is 3.41. The molecule has 0 atom stereocenters. The molecule has 8 heteroatoms. The van der Waals surface area contributed by atoms with Crippen molar-refractivity contribution >= 4 is 33.4 Å². The van der Waals surface area contributed by atoms with Gasteiger partial charge in [-0.3, -0.25) is 4.79 Å². The highest BCUT2D eigenvalue weighted by Gasteiger charge is 2.24. The highest BCUT2D eigenvalue weighted by molar-refractivity contribution is 6.16. The van der Waals surface area contributed by atoms with E-state index in [0.29, 0.717) is 11.0 Å². The second-order valence-electron chi connectivity index (χ2n) is 6.77. The summed E-state index contributed by atoms with van der Waals surface area (Å²) < 4.78 is 28.6. The van der Waals surface area contributed by atoms with Gasteiger partial charge < -0.3 is 10.7 Å². The maximum Gasteiger partial charge on any atom is 0.201 e. The first-order valence-corrected chi connectivity index (χ1v) is 8.98. The smallest absolute Gasteiger partial charge is 0.201 e. The highest BCUT2D eigenvalue weighted by atomic mass is 19.1. The summed E-state index contributed by atoms with van der Waals surface area (Å²) in [6, 6.07) is 9.46. The zero-order chi connectivity index (χ0) is 20.8. The lowest BCUT2D eigenvalue weighted by Gasteiger charge is -2.07. The van der Waals surface area contributed by atoms with E-state index in [9.17, 15) is 13.6 Å². The van der Waals surface area contributed by atoms with Crippen LogP contribution in [0.3, 0.4) is 0 Å². The first kappa shape index (κ1) is 17.9. The van der Waals surface area contributed by atoms with Crippen LogP contribution in [0.5, 0.6) is 0 Å². The van der Waals surface area contributed by atoms with Crippen molar-refractivity contribution in [2.24, 2.45) is 0 Å². The Morgan fingerprint density at radius 1 is 1.00 bits per heavy atom. The molecule has 0 saturated heterocycles. The van der Waals surface area contributed by atoms with Gasteiger partial charge in [0.05, 0.1) is 16.8 Å². The van der Waals surface area contributed by atoms with Gasteiger partial charge >= 0.3 is 0 Å². The van der Waals surface area contributed by atoms with Crippen LogP contribution in [0.1, 0.15) is 15.9 Å². The van der Waals surface area contributed by atoms with E-state index in [1.165, 1.54) is 12.5 Å². The topological polar surface area (TPSA) is 97.6 Å². The minimum Gasteiger partial charge on any atom is -0.396 e. The first-order chi connectivity index (χ1) is 14.5. The zero-order valence-corrected chi connectivity index (χ0v) is 15.4. The van der Waals surface area contributed by atoms with Gasteiger partial charge in [-0.25, -0.2) is 23.7 Å². The molecule has 3 aromatic heterocycles. The van der Waals surface area contributed by atoms with Crippen molar-refractivity contribution < 1.29 is 13.6 Å². The molecule has 0 aliphatic heterocycles. The molecule has 5 aromatic rings. The number of rotatable bonds is 3. The number of nitrogens with one attached hydrogen (secondary N) is 1. The minimum atomic E-state index is -1.08. The predicted molar refractivity (Wildman–Crippen MR) is 109 cm³/mol. The average molecular weight is 401 g/mol. The maximum atomic E-state index is 14.4. The number of anilines is 1. The van der Waals surface area contributed by atoms with Crippen LogP contribution in [0.15, 0.2) is 61.3 Å². The van der Waals surface area contributed by atoms with Crippen LogP contribution in [0.25, 0.3) is 33.1 Å². The van der Waals surface area contributed by atoms with Crippen molar-refractivity contribution in [1.29, 1.82) is 0 Å². The van der Waals surface area contributed by atoms with Crippen LogP contribution < -0.4 is 5.73 Å². The Labute approximate surface area is 168 Å². The fourth-order valence-corrected chi connectivity index (χ4v) is 3.41. The lowest BCUT2D eigenvalue weighted by molar-refractivity contribution is 0.103. The SMILES string of the molecule is Nc1ccc(F)c(C(=O)c2c[nH]c3ncc(-c4ccc5cncnc5c4)cc23)c1F. The number of carbonyl (C=O) groups is 1. The predicted octanol–water partition coefficient (Wildman–Crippen LogP) is 4.26. The standard InChI is InChI=1S/C22H13F2N5O/c23-16-3-4-17(25)20(24)19(16)21(30)15-9-28-22-14(15)5-13(8-27-22)11-1-2-12-7-26-10-29-18(12)6-11/h1-10H,25H2,(H,27,28). The monoisotopic (exact) mass is 401 g/mol. The lowest BCUT2D eigenvalue weighted by atomic mass is 9.99. The van der Waals surface area contributed by atoms with Crippen LogP contribution in [0.2, 0.25) is 0 Å². The number of nitrogen functional groups attached to an aromatic ring is 1. The number of aromatic nitrogens is 4. The summed E-state index contributed by atoms with van der Waals surface area (Å²) in [7, 11) is 0. The number of ketones is 1. The molecule has 0 fully saturated rings. The van der Waals surface area contributed by atoms with Crippen molar-refractivity contribution in [2.45, 2.75) is 0 Å². The largest absolute Gasteiger partial charge is 0.396 e. The third-order valence-corrected chi connectivity index (χ3v) is 4.96. The summed E-state index contributed by atoms with van der Waals surface area (Å²) in [5.41, 5.74) is 7.38. The summed E-state index contributed by atoms with van der Waals surface area (Å²) in [4.78, 5) is 28.4. The van der Waals surface area contributed by atoms with Gasteiger partial charge in [0, 0.05) is 40.5 Å². The van der Waals surface area contributed by atoms with Crippen LogP contribution in [-0.4, -0.2) is 25.7 Å². The van der Waals surface area contributed by atoms with E-state index in [0.717, 1.165) is 34.2 Å². The van der Waals surface area contributed by atoms with E-state index in [1.807, 2.05) is 18.2 Å². The third kappa shape index (κ3) is 2.77. The van der Waals surface area contributed by atoms with Crippen molar-refractivity contribution in [2.75, 3.05) is 5.73 Å². The molecular weight excluding hydrogens is 388 g/mol. The number of pyridine rings is 1.